The molecule has 2 aliphatic rings. The normalized spacial score (nSPS) is 19.1. The van der Waals surface area contributed by atoms with Gasteiger partial charge in [-0.25, -0.2) is 13.1 Å². The zero-order chi connectivity index (χ0) is 21.3. The highest BCUT2D eigenvalue weighted by atomic mass is 32.2. The number of nitrogens with zero attached hydrogens (tertiary/aromatic N) is 3. The molecule has 30 heavy (non-hydrogen) atoms. The molecule has 1 saturated heterocycles. The molecule has 0 unspecified atom stereocenters. The van der Waals surface area contributed by atoms with E-state index >= 15 is 0 Å². The van der Waals surface area contributed by atoms with Crippen LogP contribution in [0.3, 0.4) is 0 Å². The highest BCUT2D eigenvalue weighted by molar-refractivity contribution is 7.89. The lowest BCUT2D eigenvalue weighted by Crippen LogP contribution is -2.39. The Labute approximate surface area is 174 Å². The molecule has 2 aliphatic heterocycles. The van der Waals surface area contributed by atoms with Gasteiger partial charge in [0.05, 0.1) is 23.2 Å². The molecular weight excluding hydrogens is 412 g/mol. The number of rotatable bonds is 7. The van der Waals surface area contributed by atoms with E-state index in [9.17, 15) is 13.2 Å². The lowest BCUT2D eigenvalue weighted by Gasteiger charge is -2.29. The smallest absolute Gasteiger partial charge is 0.265 e. The average Bonchev–Trinajstić information content (AvgIpc) is 3.40. The van der Waals surface area contributed by atoms with Gasteiger partial charge >= 0.3 is 0 Å². The lowest BCUT2D eigenvalue weighted by molar-refractivity contribution is -0.121. The highest BCUT2D eigenvalue weighted by Gasteiger charge is 2.30. The van der Waals surface area contributed by atoms with Gasteiger partial charge in [-0.2, -0.15) is 4.98 Å². The first kappa shape index (κ1) is 20.8. The highest BCUT2D eigenvalue weighted by Crippen LogP contribution is 2.37. The van der Waals surface area contributed by atoms with Gasteiger partial charge in [-0.3, -0.25) is 9.69 Å². The van der Waals surface area contributed by atoms with Crippen molar-refractivity contribution in [2.45, 2.75) is 50.7 Å². The van der Waals surface area contributed by atoms with Crippen molar-refractivity contribution in [1.29, 1.82) is 0 Å². The summed E-state index contributed by atoms with van der Waals surface area (Å²) < 4.78 is 44.4. The molecule has 1 N–H and O–H groups in total. The molecule has 3 heterocycles. The summed E-state index contributed by atoms with van der Waals surface area (Å²) in [4.78, 5) is 18.3. The topological polar surface area (TPSA) is 124 Å². The third-order valence-corrected chi connectivity index (χ3v) is 6.69. The van der Waals surface area contributed by atoms with E-state index in [-0.39, 0.29) is 36.6 Å². The fraction of sp³-hybridized carbons (Fsp3) is 0.526. The van der Waals surface area contributed by atoms with Gasteiger partial charge in [0.25, 0.3) is 5.91 Å². The molecule has 10 nitrogen and oxygen atoms in total. The van der Waals surface area contributed by atoms with Gasteiger partial charge in [-0.15, -0.1) is 0 Å². The number of ether oxygens (including phenoxy) is 2. The molecule has 1 fully saturated rings. The van der Waals surface area contributed by atoms with Crippen LogP contribution in [0.25, 0.3) is 0 Å². The van der Waals surface area contributed by atoms with Crippen LogP contribution in [0.15, 0.2) is 21.6 Å². The molecule has 11 heteroatoms. The van der Waals surface area contributed by atoms with E-state index in [0.717, 1.165) is 12.8 Å². The fourth-order valence-electron chi connectivity index (χ4n) is 3.52. The molecule has 0 saturated carbocycles. The van der Waals surface area contributed by atoms with Crippen molar-refractivity contribution >= 4 is 21.6 Å². The van der Waals surface area contributed by atoms with E-state index in [2.05, 4.69) is 14.9 Å². The van der Waals surface area contributed by atoms with Crippen LogP contribution in [0, 0.1) is 6.92 Å². The van der Waals surface area contributed by atoms with Crippen LogP contribution in [0.1, 0.15) is 37.0 Å². The number of benzene rings is 1. The van der Waals surface area contributed by atoms with E-state index in [1.165, 1.54) is 11.0 Å². The molecule has 1 amide bonds. The molecule has 2 aromatic rings. The Morgan fingerprint density at radius 2 is 2.17 bits per heavy atom. The average molecular weight is 436 g/mol. The Morgan fingerprint density at radius 1 is 1.33 bits per heavy atom. The molecular formula is C19H24N4O6S. The summed E-state index contributed by atoms with van der Waals surface area (Å²) in [6, 6.07) is 3.09. The van der Waals surface area contributed by atoms with Crippen molar-refractivity contribution in [3.8, 4) is 5.75 Å². The Morgan fingerprint density at radius 3 is 2.87 bits per heavy atom. The number of aromatic nitrogens is 2. The minimum atomic E-state index is -3.75. The summed E-state index contributed by atoms with van der Waals surface area (Å²) in [5.41, 5.74) is 0.976. The Hall–Kier alpha value is -2.50. The van der Waals surface area contributed by atoms with Gasteiger partial charge in [0.1, 0.15) is 5.75 Å². The van der Waals surface area contributed by atoms with E-state index in [0.29, 0.717) is 41.7 Å². The largest absolute Gasteiger partial charge is 0.482 e. The van der Waals surface area contributed by atoms with Crippen LogP contribution in [0.4, 0.5) is 5.69 Å². The molecule has 0 radical (unpaired) electrons. The van der Waals surface area contributed by atoms with E-state index in [1.54, 1.807) is 13.0 Å². The number of nitrogens with one attached hydrogen (secondary N) is 1. The number of aryl methyl sites for hydroxylation is 2. The minimum absolute atomic E-state index is 0.106. The molecule has 0 bridgehead atoms. The maximum absolute atomic E-state index is 12.8. The Balaban J connectivity index is 1.59. The first-order valence-electron chi connectivity index (χ1n) is 9.88. The number of hydrogen-bond acceptors (Lipinski definition) is 8. The summed E-state index contributed by atoms with van der Waals surface area (Å²) in [5, 5.41) is 3.89. The molecule has 1 atom stereocenters. The third-order valence-electron chi connectivity index (χ3n) is 5.13. The van der Waals surface area contributed by atoms with Crippen LogP contribution in [0.2, 0.25) is 0 Å². The van der Waals surface area contributed by atoms with Gasteiger partial charge in [-0.1, -0.05) is 12.1 Å². The number of carbonyl (C=O) groups excluding carboxylic acids is 1. The molecule has 162 valence electrons. The number of hydrogen-bond donors (Lipinski definition) is 1. The molecule has 4 rings (SSSR count). The number of anilines is 1. The number of amides is 1. The lowest BCUT2D eigenvalue weighted by atomic mass is 10.1. The van der Waals surface area contributed by atoms with Crippen molar-refractivity contribution in [2.75, 3.05) is 24.7 Å². The van der Waals surface area contributed by atoms with E-state index < -0.39 is 10.0 Å². The SMILES string of the molecule is CCc1nc(CN2C(=O)COc3cc(S(=O)(=O)NC[C@@H]4CCCO4)c(C)cc32)no1. The van der Waals surface area contributed by atoms with Gasteiger partial charge < -0.3 is 14.0 Å². The summed E-state index contributed by atoms with van der Waals surface area (Å²) >= 11 is 0. The second-order valence-electron chi connectivity index (χ2n) is 7.30. The zero-order valence-corrected chi connectivity index (χ0v) is 17.7. The van der Waals surface area contributed by atoms with Crippen molar-refractivity contribution < 1.29 is 27.2 Å². The summed E-state index contributed by atoms with van der Waals surface area (Å²) in [6.45, 7) is 4.37. The number of carbonyl (C=O) groups is 1. The Bertz CT molecular complexity index is 1050. The first-order chi connectivity index (χ1) is 14.4. The molecule has 1 aromatic carbocycles. The predicted molar refractivity (Wildman–Crippen MR) is 106 cm³/mol. The number of sulfonamides is 1. The van der Waals surface area contributed by atoms with Crippen LogP contribution in [-0.4, -0.2) is 50.3 Å². The Kier molecular flexibility index (Phi) is 5.76. The van der Waals surface area contributed by atoms with Crippen molar-refractivity contribution in [1.82, 2.24) is 14.9 Å². The first-order valence-corrected chi connectivity index (χ1v) is 11.4. The molecule has 0 aliphatic carbocycles. The fourth-order valence-corrected chi connectivity index (χ4v) is 4.83. The maximum atomic E-state index is 12.8. The minimum Gasteiger partial charge on any atom is -0.482 e. The molecule has 0 spiro atoms. The van der Waals surface area contributed by atoms with Crippen LogP contribution in [0.5, 0.6) is 5.75 Å². The van der Waals surface area contributed by atoms with Crippen LogP contribution < -0.4 is 14.4 Å². The van der Waals surface area contributed by atoms with Gasteiger partial charge in [0, 0.05) is 25.6 Å². The monoisotopic (exact) mass is 436 g/mol. The van der Waals surface area contributed by atoms with Gasteiger partial charge in [0.15, 0.2) is 12.4 Å². The predicted octanol–water partition coefficient (Wildman–Crippen LogP) is 1.32. The van der Waals surface area contributed by atoms with Gasteiger partial charge in [0.2, 0.25) is 15.9 Å². The summed E-state index contributed by atoms with van der Waals surface area (Å²) in [5.74, 6) is 0.912. The quantitative estimate of drug-likeness (QED) is 0.689. The summed E-state index contributed by atoms with van der Waals surface area (Å²) in [7, 11) is -3.75. The van der Waals surface area contributed by atoms with Crippen LogP contribution >= 0.6 is 0 Å². The third kappa shape index (κ3) is 4.18. The molecule has 1 aromatic heterocycles. The van der Waals surface area contributed by atoms with Crippen molar-refractivity contribution in [3.63, 3.8) is 0 Å². The zero-order valence-electron chi connectivity index (χ0n) is 16.9. The number of fused-ring (bicyclic) bond motifs is 1. The van der Waals surface area contributed by atoms with Gasteiger partial charge in [-0.05, 0) is 31.4 Å². The second-order valence-corrected chi connectivity index (χ2v) is 9.03. The van der Waals surface area contributed by atoms with E-state index in [1.807, 2.05) is 6.92 Å². The maximum Gasteiger partial charge on any atom is 0.265 e. The second kappa shape index (κ2) is 8.32. The van der Waals surface area contributed by atoms with Crippen LogP contribution in [-0.2, 0) is 32.5 Å². The van der Waals surface area contributed by atoms with Crippen molar-refractivity contribution in [3.05, 3.63) is 29.4 Å². The van der Waals surface area contributed by atoms with E-state index in [4.69, 9.17) is 14.0 Å². The summed E-state index contributed by atoms with van der Waals surface area (Å²) in [6.07, 6.45) is 2.26. The van der Waals surface area contributed by atoms with Crippen molar-refractivity contribution in [2.24, 2.45) is 0 Å². The standard InChI is InChI=1S/C19H24N4O6S/c1-3-18-21-17(22-29-18)10-23-14-7-12(2)16(8-15(14)28-11-19(23)24)30(25,26)20-9-13-5-4-6-27-13/h7-8,13,20H,3-6,9-11H2,1-2H3/t13-/m0/s1.